The zero-order valence-electron chi connectivity index (χ0n) is 21.8. The van der Waals surface area contributed by atoms with Crippen molar-refractivity contribution in [1.82, 2.24) is 24.7 Å². The average molecular weight is 556 g/mol. The molecule has 1 amide bonds. The van der Waals surface area contributed by atoms with Crippen LogP contribution in [0, 0.1) is 5.82 Å². The van der Waals surface area contributed by atoms with E-state index in [9.17, 15) is 27.2 Å². The third-order valence-electron chi connectivity index (χ3n) is 7.11. The van der Waals surface area contributed by atoms with Gasteiger partial charge in [-0.1, -0.05) is 18.2 Å². The fourth-order valence-corrected chi connectivity index (χ4v) is 4.53. The second kappa shape index (κ2) is 9.44. The first-order valence-corrected chi connectivity index (χ1v) is 12.4. The number of rotatable bonds is 7. The van der Waals surface area contributed by atoms with Crippen LogP contribution in [0.15, 0.2) is 42.6 Å². The lowest BCUT2D eigenvalue weighted by Gasteiger charge is -2.27. The fourth-order valence-electron chi connectivity index (χ4n) is 4.53. The molecule has 0 aliphatic carbocycles. The predicted octanol–water partition coefficient (Wildman–Crippen LogP) is 4.55. The van der Waals surface area contributed by atoms with E-state index < -0.39 is 47.5 Å². The highest BCUT2D eigenvalue weighted by Crippen LogP contribution is 2.41. The Morgan fingerprint density at radius 1 is 1.12 bits per heavy atom. The zero-order valence-corrected chi connectivity index (χ0v) is 21.8. The number of nitrogens with one attached hydrogen (secondary N) is 1. The van der Waals surface area contributed by atoms with Crippen molar-refractivity contribution < 1.29 is 27.2 Å². The minimum atomic E-state index is -4.72. The van der Waals surface area contributed by atoms with Crippen LogP contribution in [0.25, 0.3) is 22.6 Å². The number of alkyl halides is 3. The van der Waals surface area contributed by atoms with Gasteiger partial charge in [0, 0.05) is 23.7 Å². The maximum atomic E-state index is 14.4. The highest BCUT2D eigenvalue weighted by Gasteiger charge is 2.49. The van der Waals surface area contributed by atoms with Gasteiger partial charge in [-0.25, -0.2) is 24.0 Å². The minimum absolute atomic E-state index is 0.0349. The standard InChI is InChI=1S/C27H25F4N7O2/c1-25(2)18-20(17(39)10-11-26(3,32)27(29,30)31)34-22(35-21(18)36-24(25)40)19-15-8-6-12-33-23(15)38(37-19)13-14-7-4-5-9-16(14)28/h4-9,12H,10-11,13,32H2,1-3H3,(H,34,35,36,40). The number of nitrogens with zero attached hydrogens (tertiary/aromatic N) is 5. The lowest BCUT2D eigenvalue weighted by molar-refractivity contribution is -0.182. The first-order valence-electron chi connectivity index (χ1n) is 12.4. The molecule has 0 radical (unpaired) electrons. The monoisotopic (exact) mass is 555 g/mol. The molecular weight excluding hydrogens is 530 g/mol. The second-order valence-electron chi connectivity index (χ2n) is 10.5. The van der Waals surface area contributed by atoms with Gasteiger partial charge in [0.2, 0.25) is 5.91 Å². The van der Waals surface area contributed by atoms with Crippen LogP contribution in [0.3, 0.4) is 0 Å². The molecule has 3 N–H and O–H groups in total. The Bertz CT molecular complexity index is 1660. The van der Waals surface area contributed by atoms with Crippen LogP contribution in [-0.4, -0.2) is 48.1 Å². The van der Waals surface area contributed by atoms with E-state index in [4.69, 9.17) is 5.73 Å². The maximum absolute atomic E-state index is 14.4. The molecule has 1 atom stereocenters. The van der Waals surface area contributed by atoms with Gasteiger partial charge in [0.1, 0.15) is 28.6 Å². The van der Waals surface area contributed by atoms with E-state index in [2.05, 4.69) is 25.4 Å². The summed E-state index contributed by atoms with van der Waals surface area (Å²) in [6, 6.07) is 9.55. The number of aromatic nitrogens is 5. The number of benzene rings is 1. The van der Waals surface area contributed by atoms with E-state index in [0.717, 1.165) is 6.92 Å². The summed E-state index contributed by atoms with van der Waals surface area (Å²) in [5.74, 6) is -1.58. The van der Waals surface area contributed by atoms with Crippen LogP contribution in [0.1, 0.15) is 55.2 Å². The number of fused-ring (bicyclic) bond motifs is 2. The van der Waals surface area contributed by atoms with Crippen molar-refractivity contribution >= 4 is 28.5 Å². The van der Waals surface area contributed by atoms with Crippen LogP contribution < -0.4 is 11.1 Å². The molecule has 1 aliphatic heterocycles. The molecule has 1 aliphatic rings. The zero-order chi connectivity index (χ0) is 29.0. The number of carbonyl (C=O) groups excluding carboxylic acids is 2. The molecule has 5 rings (SSSR count). The molecule has 0 bridgehead atoms. The van der Waals surface area contributed by atoms with Gasteiger partial charge < -0.3 is 11.1 Å². The number of Topliss-reactive ketones (excluding diaryl/α,β-unsaturated/α-hetero) is 1. The van der Waals surface area contributed by atoms with Gasteiger partial charge >= 0.3 is 6.18 Å². The largest absolute Gasteiger partial charge is 0.406 e. The number of ketones is 1. The van der Waals surface area contributed by atoms with Crippen molar-refractivity contribution in [2.24, 2.45) is 5.73 Å². The molecule has 3 aromatic heterocycles. The van der Waals surface area contributed by atoms with Crippen molar-refractivity contribution in [3.05, 3.63) is 65.2 Å². The lowest BCUT2D eigenvalue weighted by Crippen LogP contribution is -2.50. The third-order valence-corrected chi connectivity index (χ3v) is 7.11. The van der Waals surface area contributed by atoms with Gasteiger partial charge in [-0.3, -0.25) is 9.59 Å². The summed E-state index contributed by atoms with van der Waals surface area (Å²) in [6.07, 6.45) is -4.43. The number of hydrogen-bond acceptors (Lipinski definition) is 7. The number of carbonyl (C=O) groups is 2. The molecule has 13 heteroatoms. The fraction of sp³-hybridized carbons (Fsp3) is 0.333. The van der Waals surface area contributed by atoms with Crippen molar-refractivity contribution in [2.75, 3.05) is 5.32 Å². The van der Waals surface area contributed by atoms with Crippen molar-refractivity contribution in [3.8, 4) is 11.5 Å². The molecule has 0 saturated heterocycles. The quantitative estimate of drug-likeness (QED) is 0.253. The van der Waals surface area contributed by atoms with Crippen LogP contribution in [-0.2, 0) is 16.8 Å². The Balaban J connectivity index is 1.62. The lowest BCUT2D eigenvalue weighted by atomic mass is 9.84. The van der Waals surface area contributed by atoms with Gasteiger partial charge in [0.25, 0.3) is 0 Å². The molecule has 0 spiro atoms. The van der Waals surface area contributed by atoms with Crippen molar-refractivity contribution in [3.63, 3.8) is 0 Å². The molecule has 40 heavy (non-hydrogen) atoms. The van der Waals surface area contributed by atoms with Crippen molar-refractivity contribution in [1.29, 1.82) is 0 Å². The molecule has 208 valence electrons. The summed E-state index contributed by atoms with van der Waals surface area (Å²) in [5.41, 5.74) is 2.58. The Morgan fingerprint density at radius 3 is 2.55 bits per heavy atom. The third kappa shape index (κ3) is 4.59. The SMILES string of the molecule is CC1(C)C(=O)Nc2nc(-c3nn(Cc4ccccc4F)c4ncccc34)nc(C(=O)CCC(C)(N)C(F)(F)F)c21. The number of pyridine rings is 1. The van der Waals surface area contributed by atoms with Crippen LogP contribution in [0.4, 0.5) is 23.4 Å². The number of nitrogens with two attached hydrogens (primary N) is 1. The van der Waals surface area contributed by atoms with Gasteiger partial charge in [-0.05, 0) is 45.4 Å². The topological polar surface area (TPSA) is 129 Å². The van der Waals surface area contributed by atoms with E-state index in [1.807, 2.05) is 0 Å². The summed E-state index contributed by atoms with van der Waals surface area (Å²) in [5, 5.41) is 7.70. The molecular formula is C27H25F4N7O2. The van der Waals surface area contributed by atoms with Gasteiger partial charge in [-0.15, -0.1) is 0 Å². The Labute approximate surface area is 225 Å². The number of amides is 1. The van der Waals surface area contributed by atoms with Crippen molar-refractivity contribution in [2.45, 2.75) is 57.3 Å². The molecule has 1 unspecified atom stereocenters. The summed E-state index contributed by atoms with van der Waals surface area (Å²) in [6.45, 7) is 3.98. The maximum Gasteiger partial charge on any atom is 0.406 e. The summed E-state index contributed by atoms with van der Waals surface area (Å²) >= 11 is 0. The predicted molar refractivity (Wildman–Crippen MR) is 138 cm³/mol. The average Bonchev–Trinajstić information content (AvgIpc) is 3.36. The number of halogens is 4. The molecule has 4 heterocycles. The Kier molecular flexibility index (Phi) is 6.44. The van der Waals surface area contributed by atoms with E-state index in [-0.39, 0.29) is 35.1 Å². The van der Waals surface area contributed by atoms with E-state index >= 15 is 0 Å². The van der Waals surface area contributed by atoms with Gasteiger partial charge in [0.05, 0.1) is 17.3 Å². The number of hydrogen-bond donors (Lipinski definition) is 2. The molecule has 0 fully saturated rings. The molecule has 4 aromatic rings. The summed E-state index contributed by atoms with van der Waals surface area (Å²) < 4.78 is 55.9. The van der Waals surface area contributed by atoms with Gasteiger partial charge in [0.15, 0.2) is 17.3 Å². The molecule has 9 nitrogen and oxygen atoms in total. The first kappa shape index (κ1) is 27.3. The van der Waals surface area contributed by atoms with E-state index in [1.165, 1.54) is 16.9 Å². The van der Waals surface area contributed by atoms with E-state index in [0.29, 0.717) is 16.6 Å². The number of anilines is 1. The van der Waals surface area contributed by atoms with Gasteiger partial charge in [-0.2, -0.15) is 18.3 Å². The van der Waals surface area contributed by atoms with Crippen LogP contribution in [0.2, 0.25) is 0 Å². The minimum Gasteiger partial charge on any atom is -0.318 e. The van der Waals surface area contributed by atoms with E-state index in [1.54, 1.807) is 44.2 Å². The molecule has 0 saturated carbocycles. The highest BCUT2D eigenvalue weighted by atomic mass is 19.4. The Morgan fingerprint density at radius 2 is 1.85 bits per heavy atom. The summed E-state index contributed by atoms with van der Waals surface area (Å²) in [4.78, 5) is 39.4. The second-order valence-corrected chi connectivity index (χ2v) is 10.5. The Hall–Kier alpha value is -4.26. The normalized spacial score (nSPS) is 16.1. The van der Waals surface area contributed by atoms with Crippen LogP contribution in [0.5, 0.6) is 0 Å². The highest BCUT2D eigenvalue weighted by molar-refractivity contribution is 6.09. The smallest absolute Gasteiger partial charge is 0.318 e. The van der Waals surface area contributed by atoms with Crippen LogP contribution >= 0.6 is 0 Å². The first-order chi connectivity index (χ1) is 18.7. The molecule has 1 aromatic carbocycles. The summed E-state index contributed by atoms with van der Waals surface area (Å²) in [7, 11) is 0.